The number of hydrogen-bond donors (Lipinski definition) is 1. The van der Waals surface area contributed by atoms with E-state index in [4.69, 9.17) is 0 Å². The molecule has 2 heteroatoms. The predicted octanol–water partition coefficient (Wildman–Crippen LogP) is 4.48. The van der Waals surface area contributed by atoms with Crippen molar-refractivity contribution in [2.24, 2.45) is 0 Å². The van der Waals surface area contributed by atoms with Gasteiger partial charge in [-0.2, -0.15) is 0 Å². The summed E-state index contributed by atoms with van der Waals surface area (Å²) in [5.41, 5.74) is 1.27. The highest BCUT2D eigenvalue weighted by molar-refractivity contribution is 5.12. The number of aromatic nitrogens is 1. The molecule has 0 amide bonds. The van der Waals surface area contributed by atoms with E-state index in [1.54, 1.807) is 0 Å². The number of pyridine rings is 1. The van der Waals surface area contributed by atoms with Crippen LogP contribution in [0.25, 0.3) is 0 Å². The summed E-state index contributed by atoms with van der Waals surface area (Å²) in [6.07, 6.45) is 11.9. The molecule has 1 N–H and O–H groups in total. The van der Waals surface area contributed by atoms with Gasteiger partial charge in [0.2, 0.25) is 0 Å². The Balaban J connectivity index is 2.17. The summed E-state index contributed by atoms with van der Waals surface area (Å²) in [6, 6.07) is 5.12. The minimum Gasteiger partial charge on any atom is -0.308 e. The zero-order valence-corrected chi connectivity index (χ0v) is 12.2. The average molecular weight is 248 g/mol. The standard InChI is InChI=1S/C16H28N2/c1-4-5-6-7-8-10-14(2)18-15(3)16-11-9-12-17-13-16/h9,11-15,18H,4-8,10H2,1-3H3/t14?,15-/m1/s1. The van der Waals surface area contributed by atoms with E-state index in [1.807, 2.05) is 18.5 Å². The number of hydrogen-bond acceptors (Lipinski definition) is 2. The van der Waals surface area contributed by atoms with E-state index < -0.39 is 0 Å². The second-order valence-electron chi connectivity index (χ2n) is 5.28. The minimum atomic E-state index is 0.393. The maximum atomic E-state index is 4.17. The normalized spacial score (nSPS) is 14.4. The highest BCUT2D eigenvalue weighted by Gasteiger charge is 2.08. The molecule has 1 unspecified atom stereocenters. The van der Waals surface area contributed by atoms with E-state index in [0.29, 0.717) is 12.1 Å². The summed E-state index contributed by atoms with van der Waals surface area (Å²) in [5, 5.41) is 3.65. The Morgan fingerprint density at radius 2 is 1.94 bits per heavy atom. The lowest BCUT2D eigenvalue weighted by Crippen LogP contribution is -2.28. The van der Waals surface area contributed by atoms with Crippen molar-refractivity contribution in [3.63, 3.8) is 0 Å². The molecule has 18 heavy (non-hydrogen) atoms. The first kappa shape index (κ1) is 15.2. The lowest BCUT2D eigenvalue weighted by Gasteiger charge is -2.20. The van der Waals surface area contributed by atoms with Crippen molar-refractivity contribution in [3.8, 4) is 0 Å². The van der Waals surface area contributed by atoms with Crippen molar-refractivity contribution in [2.45, 2.75) is 71.4 Å². The summed E-state index contributed by atoms with van der Waals surface area (Å²) in [4.78, 5) is 4.17. The molecule has 0 saturated heterocycles. The second kappa shape index (κ2) is 9.09. The van der Waals surface area contributed by atoms with Crippen LogP contribution in [-0.4, -0.2) is 11.0 Å². The van der Waals surface area contributed by atoms with Crippen LogP contribution in [0.2, 0.25) is 0 Å². The van der Waals surface area contributed by atoms with Gasteiger partial charge in [0.05, 0.1) is 0 Å². The summed E-state index contributed by atoms with van der Waals surface area (Å²) in [7, 11) is 0. The monoisotopic (exact) mass is 248 g/mol. The van der Waals surface area contributed by atoms with Crippen LogP contribution in [-0.2, 0) is 0 Å². The number of unbranched alkanes of at least 4 members (excludes halogenated alkanes) is 4. The Bertz CT molecular complexity index is 297. The molecule has 0 radical (unpaired) electrons. The molecule has 102 valence electrons. The maximum Gasteiger partial charge on any atom is 0.0315 e. The van der Waals surface area contributed by atoms with Crippen molar-refractivity contribution < 1.29 is 0 Å². The van der Waals surface area contributed by atoms with Gasteiger partial charge in [0.25, 0.3) is 0 Å². The van der Waals surface area contributed by atoms with E-state index in [-0.39, 0.29) is 0 Å². The Labute approximate surface area is 112 Å². The maximum absolute atomic E-state index is 4.17. The van der Waals surface area contributed by atoms with E-state index in [0.717, 1.165) is 0 Å². The second-order valence-corrected chi connectivity index (χ2v) is 5.28. The predicted molar refractivity (Wildman–Crippen MR) is 78.6 cm³/mol. The average Bonchev–Trinajstić information content (AvgIpc) is 2.39. The molecule has 0 saturated carbocycles. The fourth-order valence-electron chi connectivity index (χ4n) is 2.29. The fourth-order valence-corrected chi connectivity index (χ4v) is 2.29. The van der Waals surface area contributed by atoms with Crippen molar-refractivity contribution in [1.82, 2.24) is 10.3 Å². The molecule has 0 bridgehead atoms. The van der Waals surface area contributed by atoms with Gasteiger partial charge in [0.1, 0.15) is 0 Å². The number of nitrogens with one attached hydrogen (secondary N) is 1. The molecule has 2 atom stereocenters. The van der Waals surface area contributed by atoms with Crippen LogP contribution >= 0.6 is 0 Å². The van der Waals surface area contributed by atoms with Gasteiger partial charge in [-0.05, 0) is 31.9 Å². The number of nitrogens with zero attached hydrogens (tertiary/aromatic N) is 1. The summed E-state index contributed by atoms with van der Waals surface area (Å²) in [5.74, 6) is 0. The third kappa shape index (κ3) is 6.15. The van der Waals surface area contributed by atoms with Gasteiger partial charge in [-0.25, -0.2) is 0 Å². The molecular formula is C16H28N2. The molecule has 1 heterocycles. The van der Waals surface area contributed by atoms with Gasteiger partial charge in [0.15, 0.2) is 0 Å². The summed E-state index contributed by atoms with van der Waals surface area (Å²) >= 11 is 0. The molecule has 0 spiro atoms. The Hall–Kier alpha value is -0.890. The number of rotatable bonds is 9. The van der Waals surface area contributed by atoms with Crippen LogP contribution in [0.5, 0.6) is 0 Å². The lowest BCUT2D eigenvalue weighted by molar-refractivity contribution is 0.436. The van der Waals surface area contributed by atoms with Crippen LogP contribution in [0.1, 0.15) is 70.9 Å². The molecule has 1 aromatic rings. The quantitative estimate of drug-likeness (QED) is 0.652. The Kier molecular flexibility index (Phi) is 7.66. The Morgan fingerprint density at radius 3 is 2.61 bits per heavy atom. The van der Waals surface area contributed by atoms with Gasteiger partial charge in [0, 0.05) is 24.5 Å². The molecule has 0 fully saturated rings. The van der Waals surface area contributed by atoms with Gasteiger partial charge >= 0.3 is 0 Å². The van der Waals surface area contributed by atoms with Gasteiger partial charge in [-0.3, -0.25) is 4.98 Å². The van der Waals surface area contributed by atoms with Crippen LogP contribution in [0.4, 0.5) is 0 Å². The van der Waals surface area contributed by atoms with Gasteiger partial charge < -0.3 is 5.32 Å². The van der Waals surface area contributed by atoms with Crippen LogP contribution in [0.15, 0.2) is 24.5 Å². The van der Waals surface area contributed by atoms with E-state index in [1.165, 1.54) is 44.1 Å². The van der Waals surface area contributed by atoms with Crippen molar-refractivity contribution in [2.75, 3.05) is 0 Å². The zero-order chi connectivity index (χ0) is 13.2. The first-order valence-electron chi connectivity index (χ1n) is 7.40. The molecule has 0 aliphatic rings. The van der Waals surface area contributed by atoms with Crippen LogP contribution in [0, 0.1) is 0 Å². The highest BCUT2D eigenvalue weighted by Crippen LogP contribution is 2.13. The Morgan fingerprint density at radius 1 is 1.17 bits per heavy atom. The molecule has 2 nitrogen and oxygen atoms in total. The SMILES string of the molecule is CCCCCCCC(C)N[C@H](C)c1cccnc1. The summed E-state index contributed by atoms with van der Waals surface area (Å²) < 4.78 is 0. The largest absolute Gasteiger partial charge is 0.308 e. The highest BCUT2D eigenvalue weighted by atomic mass is 14.9. The third-order valence-electron chi connectivity index (χ3n) is 3.46. The first-order chi connectivity index (χ1) is 8.74. The fraction of sp³-hybridized carbons (Fsp3) is 0.688. The zero-order valence-electron chi connectivity index (χ0n) is 12.2. The molecular weight excluding hydrogens is 220 g/mol. The van der Waals surface area contributed by atoms with Crippen molar-refractivity contribution in [3.05, 3.63) is 30.1 Å². The summed E-state index contributed by atoms with van der Waals surface area (Å²) in [6.45, 7) is 6.76. The molecule has 1 aromatic heterocycles. The molecule has 1 rings (SSSR count). The smallest absolute Gasteiger partial charge is 0.0315 e. The minimum absolute atomic E-state index is 0.393. The third-order valence-corrected chi connectivity index (χ3v) is 3.46. The molecule has 0 aromatic carbocycles. The van der Waals surface area contributed by atoms with Crippen LogP contribution < -0.4 is 5.32 Å². The molecule has 0 aliphatic carbocycles. The first-order valence-corrected chi connectivity index (χ1v) is 7.40. The van der Waals surface area contributed by atoms with E-state index in [2.05, 4.69) is 37.1 Å². The van der Waals surface area contributed by atoms with Gasteiger partial charge in [-0.15, -0.1) is 0 Å². The van der Waals surface area contributed by atoms with Gasteiger partial charge in [-0.1, -0.05) is 45.1 Å². The molecule has 0 aliphatic heterocycles. The van der Waals surface area contributed by atoms with Crippen molar-refractivity contribution in [1.29, 1.82) is 0 Å². The van der Waals surface area contributed by atoms with E-state index >= 15 is 0 Å². The lowest BCUT2D eigenvalue weighted by atomic mass is 10.1. The van der Waals surface area contributed by atoms with Crippen molar-refractivity contribution >= 4 is 0 Å². The topological polar surface area (TPSA) is 24.9 Å². The van der Waals surface area contributed by atoms with Crippen LogP contribution in [0.3, 0.4) is 0 Å². The van der Waals surface area contributed by atoms with E-state index in [9.17, 15) is 0 Å².